The first-order valence-corrected chi connectivity index (χ1v) is 2.74. The van der Waals surface area contributed by atoms with E-state index in [0.29, 0.717) is 0 Å². The lowest BCUT2D eigenvalue weighted by Crippen LogP contribution is -2.20. The van der Waals surface area contributed by atoms with Gasteiger partial charge in [0.25, 0.3) is 0 Å². The van der Waals surface area contributed by atoms with E-state index < -0.39 is 8.03 Å². The third kappa shape index (κ3) is 3.98. The highest BCUT2D eigenvalue weighted by molar-refractivity contribution is 7.37. The molecule has 0 aromatic rings. The Morgan fingerprint density at radius 3 is 2.50 bits per heavy atom. The van der Waals surface area contributed by atoms with Crippen LogP contribution in [0.5, 0.6) is 0 Å². The minimum atomic E-state index is -2.09. The first-order chi connectivity index (χ1) is 2.77. The lowest BCUT2D eigenvalue weighted by Gasteiger charge is -1.73. The summed E-state index contributed by atoms with van der Waals surface area (Å²) in [5.41, 5.74) is 2.03. The highest BCUT2D eigenvalue weighted by Crippen LogP contribution is 2.06. The summed E-state index contributed by atoms with van der Waals surface area (Å²) in [7, 11) is -2.09. The van der Waals surface area contributed by atoms with Crippen molar-refractivity contribution < 1.29 is 9.46 Å². The Labute approximate surface area is 36.2 Å². The van der Waals surface area contributed by atoms with Crippen molar-refractivity contribution in [1.29, 1.82) is 0 Å². The zero-order chi connectivity index (χ0) is 4.99. The molecule has 6 heavy (non-hydrogen) atoms. The number of hydrogen-bond donors (Lipinski definition) is 3. The average Bonchev–Trinajstić information content (AvgIpc) is 1.35. The van der Waals surface area contributed by atoms with E-state index in [4.69, 9.17) is 4.89 Å². The van der Waals surface area contributed by atoms with E-state index >= 15 is 0 Å². The number of hydrazine groups is 1. The molecular weight excluding hydrogens is 103 g/mol. The topological polar surface area (TPSA) is 75.3 Å². The molecule has 0 fully saturated rings. The van der Waals surface area contributed by atoms with Crippen molar-refractivity contribution in [2.75, 3.05) is 6.29 Å². The van der Waals surface area contributed by atoms with Crippen LogP contribution in [0.3, 0.4) is 0 Å². The standard InChI is InChI=1S/CH5N2O2P/c2-3-1-6(4)5/h3H,1-2H2/p+1. The van der Waals surface area contributed by atoms with Crippen LogP contribution < -0.4 is 11.3 Å². The molecule has 0 aromatic heterocycles. The van der Waals surface area contributed by atoms with Gasteiger partial charge in [-0.05, 0) is 4.57 Å². The molecule has 0 radical (unpaired) electrons. The third-order valence-corrected chi connectivity index (χ3v) is 0.680. The van der Waals surface area contributed by atoms with Crippen LogP contribution in [-0.4, -0.2) is 11.2 Å². The van der Waals surface area contributed by atoms with Gasteiger partial charge in [-0.2, -0.15) is 4.89 Å². The maximum Gasteiger partial charge on any atom is 0.522 e. The Kier molecular flexibility index (Phi) is 3.17. The van der Waals surface area contributed by atoms with E-state index in [1.54, 1.807) is 0 Å². The second-order valence-corrected chi connectivity index (χ2v) is 1.73. The van der Waals surface area contributed by atoms with Gasteiger partial charge in [0.2, 0.25) is 6.29 Å². The summed E-state index contributed by atoms with van der Waals surface area (Å²) in [6, 6.07) is 0. The maximum absolute atomic E-state index is 9.60. The number of hydrogen-bond acceptors (Lipinski definition) is 3. The lowest BCUT2D eigenvalue weighted by atomic mass is 11.5. The van der Waals surface area contributed by atoms with Crippen LogP contribution in [0.4, 0.5) is 0 Å². The Morgan fingerprint density at radius 1 is 2.00 bits per heavy atom. The minimum Gasteiger partial charge on any atom is -0.268 e. The molecule has 36 valence electrons. The van der Waals surface area contributed by atoms with Crippen molar-refractivity contribution in [1.82, 2.24) is 5.43 Å². The number of nitrogens with one attached hydrogen (secondary N) is 1. The molecule has 0 aromatic carbocycles. The highest BCUT2D eigenvalue weighted by atomic mass is 31.1. The molecule has 0 rings (SSSR count). The van der Waals surface area contributed by atoms with Gasteiger partial charge < -0.3 is 0 Å². The molecule has 0 heterocycles. The number of rotatable bonds is 2. The maximum atomic E-state index is 9.60. The van der Waals surface area contributed by atoms with Gasteiger partial charge in [-0.25, -0.2) is 5.43 Å². The molecule has 0 saturated carbocycles. The van der Waals surface area contributed by atoms with Crippen LogP contribution in [0.25, 0.3) is 0 Å². The van der Waals surface area contributed by atoms with Crippen molar-refractivity contribution in [2.24, 2.45) is 5.84 Å². The van der Waals surface area contributed by atoms with Crippen molar-refractivity contribution in [2.45, 2.75) is 0 Å². The fourth-order valence-electron chi connectivity index (χ4n) is 0.0781. The van der Waals surface area contributed by atoms with Crippen molar-refractivity contribution >= 4 is 8.03 Å². The summed E-state index contributed by atoms with van der Waals surface area (Å²) >= 11 is 0. The minimum absolute atomic E-state index is 0.0324. The molecule has 0 spiro atoms. The molecule has 0 amide bonds. The molecule has 0 aliphatic carbocycles. The van der Waals surface area contributed by atoms with Crippen LogP contribution in [0, 0.1) is 0 Å². The predicted octanol–water partition coefficient (Wildman–Crippen LogP) is -0.858. The van der Waals surface area contributed by atoms with Gasteiger partial charge in [-0.15, -0.1) is 0 Å². The van der Waals surface area contributed by atoms with Crippen molar-refractivity contribution in [3.63, 3.8) is 0 Å². The van der Waals surface area contributed by atoms with Gasteiger partial charge in [-0.1, -0.05) is 0 Å². The zero-order valence-corrected chi connectivity index (χ0v) is 3.98. The van der Waals surface area contributed by atoms with Crippen LogP contribution in [-0.2, 0) is 4.57 Å². The normalized spacial score (nSPS) is 11.3. The fraction of sp³-hybridized carbons (Fsp3) is 1.00. The zero-order valence-electron chi connectivity index (χ0n) is 3.09. The van der Waals surface area contributed by atoms with Crippen LogP contribution >= 0.6 is 8.03 Å². The third-order valence-electron chi connectivity index (χ3n) is 0.227. The van der Waals surface area contributed by atoms with E-state index in [0.717, 1.165) is 0 Å². The molecule has 1 atom stereocenters. The van der Waals surface area contributed by atoms with Gasteiger partial charge in [0.15, 0.2) is 0 Å². The lowest BCUT2D eigenvalue weighted by molar-refractivity contribution is 0.498. The monoisotopic (exact) mass is 109 g/mol. The van der Waals surface area contributed by atoms with Crippen LogP contribution in [0.2, 0.25) is 0 Å². The molecule has 4 N–H and O–H groups in total. The van der Waals surface area contributed by atoms with Gasteiger partial charge in [0, 0.05) is 0 Å². The van der Waals surface area contributed by atoms with E-state index in [1.165, 1.54) is 0 Å². The summed E-state index contributed by atoms with van der Waals surface area (Å²) < 4.78 is 9.60. The largest absolute Gasteiger partial charge is 0.522 e. The summed E-state index contributed by atoms with van der Waals surface area (Å²) in [5.74, 6) is 4.64. The summed E-state index contributed by atoms with van der Waals surface area (Å²) in [6.45, 7) is 0. The van der Waals surface area contributed by atoms with Crippen molar-refractivity contribution in [3.05, 3.63) is 0 Å². The van der Waals surface area contributed by atoms with Crippen LogP contribution in [0.15, 0.2) is 0 Å². The first kappa shape index (κ1) is 5.98. The Bertz CT molecular complexity index is 55.5. The van der Waals surface area contributed by atoms with E-state index in [-0.39, 0.29) is 6.29 Å². The second kappa shape index (κ2) is 3.18. The van der Waals surface area contributed by atoms with Gasteiger partial charge in [-0.3, -0.25) is 5.84 Å². The summed E-state index contributed by atoms with van der Waals surface area (Å²) in [4.78, 5) is 7.92. The molecule has 1 unspecified atom stereocenters. The molecule has 4 nitrogen and oxygen atoms in total. The Balaban J connectivity index is 2.83. The molecule has 0 bridgehead atoms. The summed E-state index contributed by atoms with van der Waals surface area (Å²) in [5, 5.41) is 0. The van der Waals surface area contributed by atoms with Crippen LogP contribution in [0.1, 0.15) is 0 Å². The fourth-order valence-corrected chi connectivity index (χ4v) is 0.234. The van der Waals surface area contributed by atoms with Gasteiger partial charge in [0.05, 0.1) is 0 Å². The quantitative estimate of drug-likeness (QED) is 0.245. The van der Waals surface area contributed by atoms with E-state index in [2.05, 4.69) is 5.84 Å². The molecule has 0 aliphatic rings. The summed E-state index contributed by atoms with van der Waals surface area (Å²) in [6.07, 6.45) is -0.0324. The predicted molar refractivity (Wildman–Crippen MR) is 22.0 cm³/mol. The number of nitrogens with two attached hydrogens (primary N) is 1. The average molecular weight is 109 g/mol. The molecule has 0 aliphatic heterocycles. The highest BCUT2D eigenvalue weighted by Gasteiger charge is 2.03. The first-order valence-electron chi connectivity index (χ1n) is 1.34. The molecule has 0 saturated heterocycles. The molecule has 5 heteroatoms. The van der Waals surface area contributed by atoms with E-state index in [9.17, 15) is 4.57 Å². The Morgan fingerprint density at radius 2 is 2.50 bits per heavy atom. The second-order valence-electron chi connectivity index (χ2n) is 0.714. The SMILES string of the molecule is NNC[P+](=O)O. The van der Waals surface area contributed by atoms with Gasteiger partial charge in [0.1, 0.15) is 0 Å². The van der Waals surface area contributed by atoms with Gasteiger partial charge >= 0.3 is 8.03 Å². The van der Waals surface area contributed by atoms with E-state index in [1.807, 2.05) is 5.43 Å². The van der Waals surface area contributed by atoms with Crippen molar-refractivity contribution in [3.8, 4) is 0 Å². The smallest absolute Gasteiger partial charge is 0.268 e. The molecular formula is CH6N2O2P+. The Hall–Kier alpha value is -0.0200.